The van der Waals surface area contributed by atoms with Gasteiger partial charge in [-0.1, -0.05) is 12.8 Å². The van der Waals surface area contributed by atoms with Gasteiger partial charge in [0.25, 0.3) is 0 Å². The van der Waals surface area contributed by atoms with Crippen LogP contribution in [0.3, 0.4) is 0 Å². The highest BCUT2D eigenvalue weighted by molar-refractivity contribution is 9.10. The van der Waals surface area contributed by atoms with Crippen LogP contribution in [0.2, 0.25) is 0 Å². The Morgan fingerprint density at radius 3 is 2.95 bits per heavy atom. The molecule has 0 amide bonds. The van der Waals surface area contributed by atoms with E-state index in [9.17, 15) is 4.79 Å². The minimum Gasteiger partial charge on any atom is -0.466 e. The number of hydrogen-bond acceptors (Lipinski definition) is 4. The Kier molecular flexibility index (Phi) is 4.01. The Labute approximate surface area is 127 Å². The monoisotopic (exact) mass is 341 g/mol. The van der Waals surface area contributed by atoms with Gasteiger partial charge in [0.15, 0.2) is 0 Å². The van der Waals surface area contributed by atoms with E-state index in [4.69, 9.17) is 9.84 Å². The van der Waals surface area contributed by atoms with Crippen molar-refractivity contribution in [1.82, 2.24) is 9.78 Å². The van der Waals surface area contributed by atoms with Crippen molar-refractivity contribution in [3.8, 4) is 0 Å². The second-order valence-electron chi connectivity index (χ2n) is 5.54. The smallest absolute Gasteiger partial charge is 0.312 e. The number of hydrogen-bond donors (Lipinski definition) is 1. The standard InChI is InChI=1S/C14H20BrN3O2/c1-2-20-14(19)10-7-16-13-11(15)12(17-18(13)8-10)9-5-3-4-6-9/h9-10,16H,2-8H2,1H3. The van der Waals surface area contributed by atoms with E-state index in [-0.39, 0.29) is 11.9 Å². The Bertz CT molecular complexity index is 509. The summed E-state index contributed by atoms with van der Waals surface area (Å²) in [7, 11) is 0. The van der Waals surface area contributed by atoms with Gasteiger partial charge in [0.1, 0.15) is 5.82 Å². The quantitative estimate of drug-likeness (QED) is 0.859. The van der Waals surface area contributed by atoms with Crippen molar-refractivity contribution < 1.29 is 9.53 Å². The average molecular weight is 342 g/mol. The lowest BCUT2D eigenvalue weighted by molar-refractivity contribution is -0.148. The minimum absolute atomic E-state index is 0.139. The van der Waals surface area contributed by atoms with E-state index < -0.39 is 0 Å². The molecule has 1 aliphatic carbocycles. The van der Waals surface area contributed by atoms with Crippen molar-refractivity contribution in [2.24, 2.45) is 5.92 Å². The molecule has 1 aromatic rings. The maximum absolute atomic E-state index is 11.8. The van der Waals surface area contributed by atoms with Gasteiger partial charge in [0, 0.05) is 12.5 Å². The van der Waals surface area contributed by atoms with E-state index in [0.717, 1.165) is 16.0 Å². The van der Waals surface area contributed by atoms with Crippen LogP contribution in [0.15, 0.2) is 4.47 Å². The van der Waals surface area contributed by atoms with E-state index in [1.807, 2.05) is 11.6 Å². The summed E-state index contributed by atoms with van der Waals surface area (Å²) < 4.78 is 8.10. The summed E-state index contributed by atoms with van der Waals surface area (Å²) in [5.41, 5.74) is 1.15. The summed E-state index contributed by atoms with van der Waals surface area (Å²) in [5.74, 6) is 1.28. The van der Waals surface area contributed by atoms with Gasteiger partial charge in [0.05, 0.1) is 29.2 Å². The molecule has 0 spiro atoms. The van der Waals surface area contributed by atoms with Crippen LogP contribution in [-0.2, 0) is 16.1 Å². The summed E-state index contributed by atoms with van der Waals surface area (Å²) in [6.45, 7) is 3.49. The fourth-order valence-electron chi connectivity index (χ4n) is 3.13. The lowest BCUT2D eigenvalue weighted by atomic mass is 10.0. The molecule has 1 saturated carbocycles. The lowest BCUT2D eigenvalue weighted by Crippen LogP contribution is -2.34. The number of aromatic nitrogens is 2. The zero-order valence-electron chi connectivity index (χ0n) is 11.7. The second-order valence-corrected chi connectivity index (χ2v) is 6.33. The number of carbonyl (C=O) groups excluding carboxylic acids is 1. The molecule has 1 fully saturated rings. The lowest BCUT2D eigenvalue weighted by Gasteiger charge is -2.23. The summed E-state index contributed by atoms with van der Waals surface area (Å²) in [5, 5.41) is 8.04. The van der Waals surface area contributed by atoms with Gasteiger partial charge in [-0.05, 0) is 35.7 Å². The number of fused-ring (bicyclic) bond motifs is 1. The zero-order chi connectivity index (χ0) is 14.1. The van der Waals surface area contributed by atoms with Crippen molar-refractivity contribution >= 4 is 27.7 Å². The van der Waals surface area contributed by atoms with Crippen molar-refractivity contribution in [2.45, 2.75) is 45.1 Å². The second kappa shape index (κ2) is 5.76. The van der Waals surface area contributed by atoms with Crippen LogP contribution in [0.5, 0.6) is 0 Å². The first-order valence-electron chi connectivity index (χ1n) is 7.37. The predicted octanol–water partition coefficient (Wildman–Crippen LogP) is 2.91. The normalized spacial score (nSPS) is 22.4. The van der Waals surface area contributed by atoms with Crippen LogP contribution < -0.4 is 5.32 Å². The fourth-order valence-corrected chi connectivity index (χ4v) is 3.88. The molecule has 1 N–H and O–H groups in total. The van der Waals surface area contributed by atoms with Crippen molar-refractivity contribution in [1.29, 1.82) is 0 Å². The number of esters is 1. The van der Waals surface area contributed by atoms with Crippen LogP contribution in [0.1, 0.15) is 44.2 Å². The summed E-state index contributed by atoms with van der Waals surface area (Å²) in [6, 6.07) is 0. The number of rotatable bonds is 3. The first-order chi connectivity index (χ1) is 9.70. The maximum atomic E-state index is 11.8. The summed E-state index contributed by atoms with van der Waals surface area (Å²) >= 11 is 3.67. The molecule has 2 heterocycles. The number of nitrogens with one attached hydrogen (secondary N) is 1. The zero-order valence-corrected chi connectivity index (χ0v) is 13.3. The molecule has 0 saturated heterocycles. The number of halogens is 1. The van der Waals surface area contributed by atoms with Crippen molar-refractivity contribution in [2.75, 3.05) is 18.5 Å². The minimum atomic E-state index is -0.148. The molecular weight excluding hydrogens is 322 g/mol. The molecule has 3 rings (SSSR count). The third-order valence-electron chi connectivity index (χ3n) is 4.19. The fraction of sp³-hybridized carbons (Fsp3) is 0.714. The molecule has 6 heteroatoms. The molecule has 2 aliphatic rings. The third kappa shape index (κ3) is 2.45. The number of carbonyl (C=O) groups is 1. The predicted molar refractivity (Wildman–Crippen MR) is 79.7 cm³/mol. The van der Waals surface area contributed by atoms with E-state index in [1.165, 1.54) is 25.7 Å². The Hall–Kier alpha value is -1.04. The van der Waals surface area contributed by atoms with Gasteiger partial charge in [-0.25, -0.2) is 4.68 Å². The molecular formula is C14H20BrN3O2. The van der Waals surface area contributed by atoms with Gasteiger partial charge >= 0.3 is 5.97 Å². The van der Waals surface area contributed by atoms with Gasteiger partial charge in [0.2, 0.25) is 0 Å². The molecule has 0 aromatic carbocycles. The summed E-state index contributed by atoms with van der Waals surface area (Å²) in [6.07, 6.45) is 5.02. The van der Waals surface area contributed by atoms with Crippen molar-refractivity contribution in [3.05, 3.63) is 10.2 Å². The number of ether oxygens (including phenoxy) is 1. The molecule has 110 valence electrons. The van der Waals surface area contributed by atoms with E-state index in [2.05, 4.69) is 21.2 Å². The number of anilines is 1. The highest BCUT2D eigenvalue weighted by atomic mass is 79.9. The average Bonchev–Trinajstić information content (AvgIpc) is 3.07. The Morgan fingerprint density at radius 2 is 2.25 bits per heavy atom. The molecule has 5 nitrogen and oxygen atoms in total. The molecule has 1 aliphatic heterocycles. The summed E-state index contributed by atoms with van der Waals surface area (Å²) in [4.78, 5) is 11.8. The Morgan fingerprint density at radius 1 is 1.50 bits per heavy atom. The first kappa shape index (κ1) is 13.9. The van der Waals surface area contributed by atoms with Crippen LogP contribution in [0, 0.1) is 5.92 Å². The van der Waals surface area contributed by atoms with Gasteiger partial charge < -0.3 is 10.1 Å². The maximum Gasteiger partial charge on any atom is 0.312 e. The highest BCUT2D eigenvalue weighted by Crippen LogP contribution is 2.40. The molecule has 0 radical (unpaired) electrons. The Balaban J connectivity index is 1.80. The van der Waals surface area contributed by atoms with Gasteiger partial charge in [-0.3, -0.25) is 4.79 Å². The number of nitrogens with zero attached hydrogens (tertiary/aromatic N) is 2. The van der Waals surface area contributed by atoms with E-state index >= 15 is 0 Å². The first-order valence-corrected chi connectivity index (χ1v) is 8.16. The van der Waals surface area contributed by atoms with Gasteiger partial charge in [-0.15, -0.1) is 0 Å². The van der Waals surface area contributed by atoms with Crippen LogP contribution in [0.25, 0.3) is 0 Å². The molecule has 20 heavy (non-hydrogen) atoms. The molecule has 1 aromatic heterocycles. The van der Waals surface area contributed by atoms with Crippen LogP contribution in [0.4, 0.5) is 5.82 Å². The highest BCUT2D eigenvalue weighted by Gasteiger charge is 2.31. The SMILES string of the molecule is CCOC(=O)C1CNc2c(Br)c(C3CCCC3)nn2C1. The molecule has 0 bridgehead atoms. The van der Waals surface area contributed by atoms with E-state index in [1.54, 1.807) is 0 Å². The molecule has 1 atom stereocenters. The largest absolute Gasteiger partial charge is 0.466 e. The van der Waals surface area contributed by atoms with E-state index in [0.29, 0.717) is 25.6 Å². The van der Waals surface area contributed by atoms with Crippen molar-refractivity contribution in [3.63, 3.8) is 0 Å². The van der Waals surface area contributed by atoms with Crippen LogP contribution >= 0.6 is 15.9 Å². The topological polar surface area (TPSA) is 56.1 Å². The van der Waals surface area contributed by atoms with Crippen LogP contribution in [-0.4, -0.2) is 28.9 Å². The van der Waals surface area contributed by atoms with Gasteiger partial charge in [-0.2, -0.15) is 5.10 Å². The molecule has 1 unspecified atom stereocenters. The third-order valence-corrected chi connectivity index (χ3v) is 4.97.